The predicted molar refractivity (Wildman–Crippen MR) is 99.1 cm³/mol. The molecule has 116 valence electrons. The fraction of sp³-hybridized carbons (Fsp3) is 0.286. The zero-order chi connectivity index (χ0) is 16.4. The largest absolute Gasteiger partial charge is 0.289 e. The molecule has 1 nitrogen and oxygen atoms in total. The highest BCUT2D eigenvalue weighted by atomic mass is 28.3. The summed E-state index contributed by atoms with van der Waals surface area (Å²) in [5.74, 6) is 0.661. The summed E-state index contributed by atoms with van der Waals surface area (Å²) in [5, 5.41) is 1.35. The first-order valence-corrected chi connectivity index (χ1v) is 11.9. The van der Waals surface area contributed by atoms with Crippen molar-refractivity contribution in [3.05, 3.63) is 75.5 Å². The number of allylic oxidation sites excluding steroid dienone is 8. The number of fused-ring (bicyclic) bond motifs is 4. The molecule has 4 rings (SSSR count). The molecule has 0 aliphatic heterocycles. The molecule has 3 aliphatic rings. The molecule has 0 aromatic heterocycles. The lowest BCUT2D eigenvalue weighted by atomic mass is 9.78. The molecule has 0 N–H and O–H groups in total. The summed E-state index contributed by atoms with van der Waals surface area (Å²) in [4.78, 5) is 13.1. The van der Waals surface area contributed by atoms with Crippen LogP contribution < -0.4 is 0 Å². The highest BCUT2D eigenvalue weighted by molar-refractivity contribution is 6.85. The fourth-order valence-electron chi connectivity index (χ4n) is 4.05. The minimum absolute atomic E-state index is 0.231. The summed E-state index contributed by atoms with van der Waals surface area (Å²) in [5.41, 5.74) is 7.01. The zero-order valence-electron chi connectivity index (χ0n) is 14.2. The van der Waals surface area contributed by atoms with Crippen molar-refractivity contribution in [2.45, 2.75) is 33.0 Å². The first kappa shape index (κ1) is 14.6. The van der Waals surface area contributed by atoms with Crippen LogP contribution in [0.2, 0.25) is 19.6 Å². The van der Waals surface area contributed by atoms with Crippen LogP contribution in [0.5, 0.6) is 0 Å². The van der Waals surface area contributed by atoms with Crippen molar-refractivity contribution in [2.75, 3.05) is 0 Å². The van der Waals surface area contributed by atoms with Crippen molar-refractivity contribution in [3.8, 4) is 0 Å². The number of hydrogen-bond acceptors (Lipinski definition) is 1. The second-order valence-electron chi connectivity index (χ2n) is 7.90. The Balaban J connectivity index is 2.03. The third kappa shape index (κ3) is 2.08. The molecule has 3 aliphatic carbocycles. The van der Waals surface area contributed by atoms with Gasteiger partial charge >= 0.3 is 0 Å². The SMILES string of the molecule is CC1=CC=C2C3=C(C(=O)c4ccccc43)C([Si](C)(C)C)=CC2C1. The Morgan fingerprint density at radius 3 is 2.39 bits per heavy atom. The van der Waals surface area contributed by atoms with Gasteiger partial charge in [0.25, 0.3) is 0 Å². The van der Waals surface area contributed by atoms with Gasteiger partial charge in [-0.25, -0.2) is 0 Å². The summed E-state index contributed by atoms with van der Waals surface area (Å²) >= 11 is 0. The van der Waals surface area contributed by atoms with Crippen molar-refractivity contribution in [1.82, 2.24) is 0 Å². The van der Waals surface area contributed by atoms with Crippen LogP contribution in [0.25, 0.3) is 5.57 Å². The summed E-state index contributed by atoms with van der Waals surface area (Å²) in [6, 6.07) is 8.13. The number of carbonyl (C=O) groups is 1. The van der Waals surface area contributed by atoms with Crippen LogP contribution in [0.15, 0.2) is 64.4 Å². The number of ketones is 1. The Kier molecular flexibility index (Phi) is 3.04. The summed E-state index contributed by atoms with van der Waals surface area (Å²) in [7, 11) is -1.59. The highest BCUT2D eigenvalue weighted by Gasteiger charge is 2.41. The third-order valence-corrected chi connectivity index (χ3v) is 7.17. The molecule has 0 saturated carbocycles. The Labute approximate surface area is 139 Å². The van der Waals surface area contributed by atoms with Gasteiger partial charge in [-0.15, -0.1) is 0 Å². The molecule has 0 fully saturated rings. The number of carbonyl (C=O) groups excluding carboxylic acids is 1. The van der Waals surface area contributed by atoms with Gasteiger partial charge in [-0.1, -0.05) is 72.9 Å². The molecule has 2 heteroatoms. The fourth-order valence-corrected chi connectivity index (χ4v) is 5.74. The van der Waals surface area contributed by atoms with Crippen LogP contribution in [0, 0.1) is 5.92 Å². The maximum Gasteiger partial charge on any atom is 0.194 e. The van der Waals surface area contributed by atoms with E-state index in [-0.39, 0.29) is 5.78 Å². The van der Waals surface area contributed by atoms with Crippen molar-refractivity contribution < 1.29 is 4.79 Å². The smallest absolute Gasteiger partial charge is 0.194 e. The van der Waals surface area contributed by atoms with Gasteiger partial charge in [-0.3, -0.25) is 4.79 Å². The number of Topliss-reactive ketones (excluding diaryl/α,β-unsaturated/α-hetero) is 1. The molecule has 0 heterocycles. The van der Waals surface area contributed by atoms with Gasteiger partial charge in [-0.2, -0.15) is 0 Å². The van der Waals surface area contributed by atoms with E-state index in [1.165, 1.54) is 21.9 Å². The summed E-state index contributed by atoms with van der Waals surface area (Å²) in [6.07, 6.45) is 7.95. The second kappa shape index (κ2) is 4.78. The van der Waals surface area contributed by atoms with Crippen LogP contribution in [0.1, 0.15) is 29.3 Å². The quantitative estimate of drug-likeness (QED) is 0.638. The molecule has 1 aromatic rings. The molecule has 1 unspecified atom stereocenters. The van der Waals surface area contributed by atoms with Crippen molar-refractivity contribution in [3.63, 3.8) is 0 Å². The summed E-state index contributed by atoms with van der Waals surface area (Å²) < 4.78 is 0. The van der Waals surface area contributed by atoms with Crippen molar-refractivity contribution in [1.29, 1.82) is 0 Å². The molecular weight excluding hydrogens is 296 g/mol. The minimum Gasteiger partial charge on any atom is -0.289 e. The van der Waals surface area contributed by atoms with Crippen LogP contribution in [-0.2, 0) is 0 Å². The van der Waals surface area contributed by atoms with E-state index < -0.39 is 8.07 Å². The molecule has 1 atom stereocenters. The highest BCUT2D eigenvalue weighted by Crippen LogP contribution is 2.50. The Bertz CT molecular complexity index is 856. The number of benzene rings is 1. The van der Waals surface area contributed by atoms with E-state index in [0.717, 1.165) is 23.1 Å². The molecule has 0 spiro atoms. The lowest BCUT2D eigenvalue weighted by Gasteiger charge is -2.33. The van der Waals surface area contributed by atoms with Crippen LogP contribution in [0.4, 0.5) is 0 Å². The van der Waals surface area contributed by atoms with Crippen LogP contribution >= 0.6 is 0 Å². The van der Waals surface area contributed by atoms with Gasteiger partial charge in [0.2, 0.25) is 0 Å². The van der Waals surface area contributed by atoms with E-state index in [4.69, 9.17) is 0 Å². The van der Waals surface area contributed by atoms with E-state index in [9.17, 15) is 4.79 Å². The zero-order valence-corrected chi connectivity index (χ0v) is 15.2. The molecule has 1 aromatic carbocycles. The molecule has 0 bridgehead atoms. The Morgan fingerprint density at radius 2 is 1.70 bits per heavy atom. The molecule has 0 saturated heterocycles. The van der Waals surface area contributed by atoms with Crippen molar-refractivity contribution >= 4 is 19.4 Å². The van der Waals surface area contributed by atoms with Crippen molar-refractivity contribution in [2.24, 2.45) is 5.92 Å². The standard InChI is InChI=1S/C21H22OSi/c1-13-9-10-15-14(11-13)12-18(23(2,3)4)20-19(15)16-7-5-6-8-17(16)21(20)22/h5-10,12,14H,11H2,1-4H3. The van der Waals surface area contributed by atoms with Gasteiger partial charge in [0, 0.05) is 17.1 Å². The molecule has 0 radical (unpaired) electrons. The monoisotopic (exact) mass is 318 g/mol. The molecule has 0 amide bonds. The first-order valence-electron chi connectivity index (χ1n) is 8.36. The topological polar surface area (TPSA) is 17.1 Å². The Hall–Kier alpha value is -1.93. The molecule has 23 heavy (non-hydrogen) atoms. The summed E-state index contributed by atoms with van der Waals surface area (Å²) in [6.45, 7) is 9.24. The van der Waals surface area contributed by atoms with E-state index in [1.54, 1.807) is 0 Å². The van der Waals surface area contributed by atoms with Gasteiger partial charge < -0.3 is 0 Å². The van der Waals surface area contributed by atoms with E-state index in [2.05, 4.69) is 50.9 Å². The second-order valence-corrected chi connectivity index (χ2v) is 12.9. The minimum atomic E-state index is -1.59. The van der Waals surface area contributed by atoms with Gasteiger partial charge in [0.15, 0.2) is 5.78 Å². The Morgan fingerprint density at radius 1 is 1.00 bits per heavy atom. The average molecular weight is 318 g/mol. The van der Waals surface area contributed by atoms with Crippen LogP contribution in [-0.4, -0.2) is 13.9 Å². The van der Waals surface area contributed by atoms with E-state index >= 15 is 0 Å². The normalized spacial score (nSPS) is 22.9. The lowest BCUT2D eigenvalue weighted by molar-refractivity contribution is 0.104. The van der Waals surface area contributed by atoms with Crippen LogP contribution in [0.3, 0.4) is 0 Å². The first-order chi connectivity index (χ1) is 10.9. The van der Waals surface area contributed by atoms with E-state index in [0.29, 0.717) is 5.92 Å². The maximum atomic E-state index is 13.1. The lowest BCUT2D eigenvalue weighted by Crippen LogP contribution is -2.30. The van der Waals surface area contributed by atoms with Gasteiger partial charge in [0.05, 0.1) is 8.07 Å². The van der Waals surface area contributed by atoms with Gasteiger partial charge in [0.1, 0.15) is 0 Å². The third-order valence-electron chi connectivity index (χ3n) is 5.14. The predicted octanol–water partition coefficient (Wildman–Crippen LogP) is 5.35. The maximum absolute atomic E-state index is 13.1. The molecular formula is C21H22OSi. The average Bonchev–Trinajstić information content (AvgIpc) is 2.79. The van der Waals surface area contributed by atoms with E-state index in [1.807, 2.05) is 18.2 Å². The number of rotatable bonds is 1. The number of hydrogen-bond donors (Lipinski definition) is 0. The van der Waals surface area contributed by atoms with Gasteiger partial charge in [-0.05, 0) is 30.1 Å².